The van der Waals surface area contributed by atoms with Gasteiger partial charge in [0.15, 0.2) is 0 Å². The van der Waals surface area contributed by atoms with Crippen LogP contribution in [0.2, 0.25) is 0 Å². The number of aliphatic hydroxyl groups is 2. The topological polar surface area (TPSA) is 66.5 Å². The number of nitrogens with two attached hydrogens (primary N) is 1. The molecule has 3 nitrogen and oxygen atoms in total. The van der Waals surface area contributed by atoms with Crippen LogP contribution in [0.25, 0.3) is 0 Å². The maximum absolute atomic E-state index is 9.49. The van der Waals surface area contributed by atoms with Crippen LogP contribution in [0.3, 0.4) is 0 Å². The van der Waals surface area contributed by atoms with Gasteiger partial charge >= 0.3 is 0 Å². The summed E-state index contributed by atoms with van der Waals surface area (Å²) in [7, 11) is 0. The van der Waals surface area contributed by atoms with Gasteiger partial charge in [-0.1, -0.05) is 69.1 Å². The third kappa shape index (κ3) is 13.8. The van der Waals surface area contributed by atoms with Crippen molar-refractivity contribution in [2.24, 2.45) is 5.73 Å². The second-order valence-electron chi connectivity index (χ2n) is 5.40. The van der Waals surface area contributed by atoms with Gasteiger partial charge in [0, 0.05) is 0 Å². The fraction of sp³-hybridized carbons (Fsp3) is 0.667. The van der Waals surface area contributed by atoms with E-state index in [4.69, 9.17) is 10.8 Å². The van der Waals surface area contributed by atoms with Crippen LogP contribution in [0.4, 0.5) is 0 Å². The van der Waals surface area contributed by atoms with Gasteiger partial charge in [-0.2, -0.15) is 0 Å². The third-order valence-corrected chi connectivity index (χ3v) is 3.34. The molecule has 21 heavy (non-hydrogen) atoms. The van der Waals surface area contributed by atoms with E-state index in [9.17, 15) is 5.11 Å². The van der Waals surface area contributed by atoms with Gasteiger partial charge in [0.2, 0.25) is 0 Å². The molecule has 4 N–H and O–H groups in total. The van der Waals surface area contributed by atoms with Crippen LogP contribution in [-0.4, -0.2) is 29.0 Å². The highest BCUT2D eigenvalue weighted by atomic mass is 16.3. The number of hydrogen-bond acceptors (Lipinski definition) is 3. The third-order valence-electron chi connectivity index (χ3n) is 3.34. The van der Waals surface area contributed by atoms with E-state index in [0.29, 0.717) is 0 Å². The molecule has 0 aromatic rings. The molecule has 0 spiro atoms. The van der Waals surface area contributed by atoms with Gasteiger partial charge in [-0.15, -0.1) is 0 Å². The second kappa shape index (κ2) is 15.5. The maximum Gasteiger partial charge on any atom is 0.0894 e. The van der Waals surface area contributed by atoms with Gasteiger partial charge in [0.1, 0.15) is 0 Å². The molecule has 2 unspecified atom stereocenters. The van der Waals surface area contributed by atoms with Crippen molar-refractivity contribution >= 4 is 0 Å². The first kappa shape index (κ1) is 20.1. The molecular formula is C18H33NO2. The minimum absolute atomic E-state index is 0.200. The molecule has 0 rings (SSSR count). The van der Waals surface area contributed by atoms with E-state index in [1.54, 1.807) is 6.08 Å². The van der Waals surface area contributed by atoms with E-state index in [0.717, 1.165) is 12.8 Å². The first-order chi connectivity index (χ1) is 10.2. The summed E-state index contributed by atoms with van der Waals surface area (Å²) in [4.78, 5) is 0. The minimum Gasteiger partial charge on any atom is -0.395 e. The van der Waals surface area contributed by atoms with Crippen molar-refractivity contribution in [2.75, 3.05) is 6.61 Å². The van der Waals surface area contributed by atoms with E-state index >= 15 is 0 Å². The smallest absolute Gasteiger partial charge is 0.0894 e. The molecule has 0 amide bonds. The number of rotatable bonds is 13. The summed E-state index contributed by atoms with van der Waals surface area (Å²) in [5.41, 5.74) is 5.49. The van der Waals surface area contributed by atoms with Crippen molar-refractivity contribution in [3.63, 3.8) is 0 Å². The molecule has 3 heteroatoms. The molecule has 0 radical (unpaired) electrons. The van der Waals surface area contributed by atoms with Gasteiger partial charge in [0.25, 0.3) is 0 Å². The fourth-order valence-corrected chi connectivity index (χ4v) is 1.89. The average Bonchev–Trinajstić information content (AvgIpc) is 2.50. The summed E-state index contributed by atoms with van der Waals surface area (Å²) in [5, 5.41) is 18.3. The van der Waals surface area contributed by atoms with Crippen LogP contribution in [0.5, 0.6) is 0 Å². The molecule has 0 saturated heterocycles. The standard InChI is InChI=1S/C18H33NO2/c1-2-3-4-5-6-7-8-9-10-11-12-13-14-15-18(21)17(19)16-20/h8-11,14-15,17-18,20-21H,2-7,12-13,16,19H2,1H3. The Morgan fingerprint density at radius 3 is 2.19 bits per heavy atom. The largest absolute Gasteiger partial charge is 0.395 e. The second-order valence-corrected chi connectivity index (χ2v) is 5.40. The Kier molecular flexibility index (Phi) is 14.8. The molecule has 0 heterocycles. The Morgan fingerprint density at radius 2 is 1.52 bits per heavy atom. The first-order valence-corrected chi connectivity index (χ1v) is 8.25. The predicted molar refractivity (Wildman–Crippen MR) is 91.1 cm³/mol. The molecule has 0 aromatic carbocycles. The summed E-state index contributed by atoms with van der Waals surface area (Å²) in [5.74, 6) is 0. The van der Waals surface area contributed by atoms with Gasteiger partial charge in [-0.3, -0.25) is 0 Å². The molecule has 0 bridgehead atoms. The summed E-state index contributed by atoms with van der Waals surface area (Å²) in [6.07, 6.45) is 21.0. The summed E-state index contributed by atoms with van der Waals surface area (Å²) in [6, 6.07) is -0.586. The van der Waals surface area contributed by atoms with Crippen molar-refractivity contribution in [1.29, 1.82) is 0 Å². The zero-order chi connectivity index (χ0) is 15.8. The van der Waals surface area contributed by atoms with E-state index in [1.165, 1.54) is 38.5 Å². The lowest BCUT2D eigenvalue weighted by Gasteiger charge is -2.11. The zero-order valence-corrected chi connectivity index (χ0v) is 13.5. The van der Waals surface area contributed by atoms with Crippen LogP contribution >= 0.6 is 0 Å². The molecule has 122 valence electrons. The van der Waals surface area contributed by atoms with Crippen LogP contribution in [0, 0.1) is 0 Å². The van der Waals surface area contributed by atoms with E-state index in [2.05, 4.69) is 31.2 Å². The number of aliphatic hydroxyl groups excluding tert-OH is 2. The van der Waals surface area contributed by atoms with Crippen molar-refractivity contribution in [1.82, 2.24) is 0 Å². The number of unbranched alkanes of at least 4 members (excludes halogenated alkanes) is 6. The number of allylic oxidation sites excluding steroid dienone is 5. The predicted octanol–water partition coefficient (Wildman–Crippen LogP) is 3.48. The molecule has 0 aliphatic rings. The number of hydrogen-bond donors (Lipinski definition) is 3. The minimum atomic E-state index is -0.758. The van der Waals surface area contributed by atoms with Gasteiger partial charge in [0.05, 0.1) is 18.8 Å². The highest BCUT2D eigenvalue weighted by Gasteiger charge is 2.08. The maximum atomic E-state index is 9.49. The quantitative estimate of drug-likeness (QED) is 0.277. The lowest BCUT2D eigenvalue weighted by atomic mass is 10.1. The molecule has 0 aliphatic heterocycles. The van der Waals surface area contributed by atoms with Gasteiger partial charge in [-0.25, -0.2) is 0 Å². The normalized spacial score (nSPS) is 15.4. The lowest BCUT2D eigenvalue weighted by Crippen LogP contribution is -2.36. The van der Waals surface area contributed by atoms with Crippen molar-refractivity contribution < 1.29 is 10.2 Å². The van der Waals surface area contributed by atoms with Crippen LogP contribution in [-0.2, 0) is 0 Å². The molecule has 2 atom stereocenters. The van der Waals surface area contributed by atoms with E-state index in [1.807, 2.05) is 6.08 Å². The molecule has 0 aromatic heterocycles. The van der Waals surface area contributed by atoms with Gasteiger partial charge < -0.3 is 15.9 Å². The average molecular weight is 295 g/mol. The Balaban J connectivity index is 3.49. The molecule has 0 saturated carbocycles. The highest BCUT2D eigenvalue weighted by molar-refractivity contribution is 5.03. The Morgan fingerprint density at radius 1 is 0.905 bits per heavy atom. The van der Waals surface area contributed by atoms with Crippen LogP contribution in [0.15, 0.2) is 36.5 Å². The van der Waals surface area contributed by atoms with Crippen molar-refractivity contribution in [3.05, 3.63) is 36.5 Å². The molecule has 0 aliphatic carbocycles. The zero-order valence-electron chi connectivity index (χ0n) is 13.5. The SMILES string of the molecule is CCCCCCCC=CC=CCCC=CC(O)C(N)CO. The lowest BCUT2D eigenvalue weighted by molar-refractivity contribution is 0.144. The van der Waals surface area contributed by atoms with Gasteiger partial charge in [-0.05, 0) is 25.7 Å². The summed E-state index contributed by atoms with van der Waals surface area (Å²) < 4.78 is 0. The van der Waals surface area contributed by atoms with E-state index < -0.39 is 12.1 Å². The van der Waals surface area contributed by atoms with Crippen molar-refractivity contribution in [2.45, 2.75) is 70.4 Å². The Hall–Kier alpha value is -0.900. The highest BCUT2D eigenvalue weighted by Crippen LogP contribution is 2.05. The monoisotopic (exact) mass is 295 g/mol. The summed E-state index contributed by atoms with van der Waals surface area (Å²) >= 11 is 0. The summed E-state index contributed by atoms with van der Waals surface area (Å²) in [6.45, 7) is 2.04. The first-order valence-electron chi connectivity index (χ1n) is 8.25. The molecule has 0 fully saturated rings. The Bertz CT molecular complexity index is 298. The van der Waals surface area contributed by atoms with Crippen molar-refractivity contribution in [3.8, 4) is 0 Å². The van der Waals surface area contributed by atoms with Crippen LogP contribution in [0.1, 0.15) is 58.3 Å². The Labute approximate surface area is 130 Å². The van der Waals surface area contributed by atoms with Crippen LogP contribution < -0.4 is 5.73 Å². The fourth-order valence-electron chi connectivity index (χ4n) is 1.89. The van der Waals surface area contributed by atoms with E-state index in [-0.39, 0.29) is 6.61 Å². The molecular weight excluding hydrogens is 262 g/mol.